The average Bonchev–Trinajstić information content (AvgIpc) is 3.53. The molecule has 2 aromatic carbocycles. The molecular formula is C26H24N2O7S. The highest BCUT2D eigenvalue weighted by molar-refractivity contribution is 7.99. The van der Waals surface area contributed by atoms with Crippen molar-refractivity contribution >= 4 is 17.7 Å². The summed E-state index contributed by atoms with van der Waals surface area (Å²) in [5.74, 6) is 1.77. The number of methoxy groups -OCH3 is 3. The SMILES string of the molecule is COc1cc([C@@H]2c3cc4c(cc3[C@@H](Sc3ncccn3)[C@H]3COC(=O)[C@H]23)OCO4)cc(OC)c1OC. The fourth-order valence-electron chi connectivity index (χ4n) is 5.40. The van der Waals surface area contributed by atoms with Gasteiger partial charge in [0.05, 0.1) is 33.9 Å². The number of nitrogens with zero attached hydrogens (tertiary/aromatic N) is 2. The van der Waals surface area contributed by atoms with Gasteiger partial charge < -0.3 is 28.4 Å². The summed E-state index contributed by atoms with van der Waals surface area (Å²) >= 11 is 1.53. The van der Waals surface area contributed by atoms with E-state index in [0.29, 0.717) is 40.5 Å². The zero-order chi connectivity index (χ0) is 24.8. The maximum atomic E-state index is 13.3. The molecule has 4 atom stereocenters. The fourth-order valence-corrected chi connectivity index (χ4v) is 6.63. The second-order valence-electron chi connectivity index (χ2n) is 8.66. The van der Waals surface area contributed by atoms with Crippen LogP contribution in [0.4, 0.5) is 0 Å². The molecule has 1 saturated heterocycles. The molecule has 36 heavy (non-hydrogen) atoms. The Kier molecular flexibility index (Phi) is 5.75. The minimum absolute atomic E-state index is 0.108. The van der Waals surface area contributed by atoms with Crippen LogP contribution < -0.4 is 23.7 Å². The van der Waals surface area contributed by atoms with Gasteiger partial charge in [-0.05, 0) is 47.0 Å². The Hall–Kier alpha value is -3.66. The number of esters is 1. The van der Waals surface area contributed by atoms with Crippen LogP contribution in [0, 0.1) is 11.8 Å². The van der Waals surface area contributed by atoms with Gasteiger partial charge in [-0.25, -0.2) is 9.97 Å². The number of carbonyl (C=O) groups is 1. The highest BCUT2D eigenvalue weighted by atomic mass is 32.2. The molecule has 0 radical (unpaired) electrons. The van der Waals surface area contributed by atoms with Crippen LogP contribution in [-0.2, 0) is 9.53 Å². The third-order valence-electron chi connectivity index (χ3n) is 6.94. The Bertz CT molecular complexity index is 1290. The Balaban J connectivity index is 1.56. The molecule has 3 heterocycles. The molecule has 186 valence electrons. The Morgan fingerprint density at radius 3 is 2.19 bits per heavy atom. The zero-order valence-electron chi connectivity index (χ0n) is 19.9. The van der Waals surface area contributed by atoms with Crippen molar-refractivity contribution in [1.82, 2.24) is 9.97 Å². The highest BCUT2D eigenvalue weighted by Crippen LogP contribution is 2.59. The molecule has 0 spiro atoms. The van der Waals surface area contributed by atoms with Crippen molar-refractivity contribution in [2.24, 2.45) is 11.8 Å². The van der Waals surface area contributed by atoms with Gasteiger partial charge in [0.1, 0.15) is 0 Å². The van der Waals surface area contributed by atoms with Gasteiger partial charge in [0.2, 0.25) is 12.5 Å². The molecule has 6 rings (SSSR count). The first-order valence-electron chi connectivity index (χ1n) is 11.5. The van der Waals surface area contributed by atoms with E-state index in [2.05, 4.69) is 9.97 Å². The molecule has 0 bridgehead atoms. The van der Waals surface area contributed by atoms with E-state index in [4.69, 9.17) is 28.4 Å². The first-order valence-corrected chi connectivity index (χ1v) is 12.3. The van der Waals surface area contributed by atoms with E-state index in [0.717, 1.165) is 16.7 Å². The van der Waals surface area contributed by atoms with Gasteiger partial charge in [0, 0.05) is 29.5 Å². The van der Waals surface area contributed by atoms with Gasteiger partial charge in [-0.2, -0.15) is 0 Å². The second kappa shape index (κ2) is 9.09. The van der Waals surface area contributed by atoms with Crippen LogP contribution in [0.1, 0.15) is 27.9 Å². The van der Waals surface area contributed by atoms with Gasteiger partial charge in [0.15, 0.2) is 28.2 Å². The summed E-state index contributed by atoms with van der Waals surface area (Å²) in [6.45, 7) is 0.463. The van der Waals surface area contributed by atoms with Gasteiger partial charge in [-0.15, -0.1) is 0 Å². The first kappa shape index (κ1) is 22.8. The molecule has 10 heteroatoms. The Labute approximate surface area is 212 Å². The molecule has 2 aliphatic heterocycles. The fraction of sp³-hybridized carbons (Fsp3) is 0.346. The average molecular weight is 509 g/mol. The third kappa shape index (κ3) is 3.59. The highest BCUT2D eigenvalue weighted by Gasteiger charge is 2.53. The molecule has 0 amide bonds. The van der Waals surface area contributed by atoms with Crippen LogP contribution >= 0.6 is 11.8 Å². The van der Waals surface area contributed by atoms with Crippen LogP contribution in [0.2, 0.25) is 0 Å². The second-order valence-corrected chi connectivity index (χ2v) is 9.77. The lowest BCUT2D eigenvalue weighted by Crippen LogP contribution is -2.33. The number of thioether (sulfide) groups is 1. The molecule has 1 aromatic heterocycles. The molecule has 1 fully saturated rings. The van der Waals surface area contributed by atoms with Crippen LogP contribution in [0.3, 0.4) is 0 Å². The number of carbonyl (C=O) groups excluding carboxylic acids is 1. The van der Waals surface area contributed by atoms with Crippen LogP contribution in [0.5, 0.6) is 28.7 Å². The minimum Gasteiger partial charge on any atom is -0.493 e. The van der Waals surface area contributed by atoms with Crippen LogP contribution in [-0.4, -0.2) is 50.7 Å². The predicted molar refractivity (Wildman–Crippen MR) is 129 cm³/mol. The number of fused-ring (bicyclic) bond motifs is 3. The van der Waals surface area contributed by atoms with Crippen molar-refractivity contribution in [1.29, 1.82) is 0 Å². The number of hydrogen-bond acceptors (Lipinski definition) is 10. The lowest BCUT2D eigenvalue weighted by molar-refractivity contribution is -0.141. The molecule has 3 aliphatic rings. The quantitative estimate of drug-likeness (QED) is 0.359. The van der Waals surface area contributed by atoms with Crippen molar-refractivity contribution < 1.29 is 33.2 Å². The normalized spacial score (nSPS) is 23.5. The van der Waals surface area contributed by atoms with E-state index in [1.54, 1.807) is 39.8 Å². The van der Waals surface area contributed by atoms with E-state index in [1.165, 1.54) is 11.8 Å². The van der Waals surface area contributed by atoms with Crippen molar-refractivity contribution in [2.45, 2.75) is 16.3 Å². The van der Waals surface area contributed by atoms with Gasteiger partial charge in [-0.1, -0.05) is 11.8 Å². The van der Waals surface area contributed by atoms with E-state index in [-0.39, 0.29) is 29.8 Å². The zero-order valence-corrected chi connectivity index (χ0v) is 20.7. The van der Waals surface area contributed by atoms with Crippen LogP contribution in [0.15, 0.2) is 47.9 Å². The van der Waals surface area contributed by atoms with Gasteiger partial charge in [-0.3, -0.25) is 4.79 Å². The van der Waals surface area contributed by atoms with E-state index in [9.17, 15) is 4.79 Å². The largest absolute Gasteiger partial charge is 0.493 e. The van der Waals surface area contributed by atoms with Crippen molar-refractivity contribution in [3.05, 3.63) is 59.4 Å². The number of rotatable bonds is 6. The predicted octanol–water partition coefficient (Wildman–Crippen LogP) is 4.00. The smallest absolute Gasteiger partial charge is 0.310 e. The summed E-state index contributed by atoms with van der Waals surface area (Å²) in [6, 6.07) is 9.57. The molecule has 3 aromatic rings. The lowest BCUT2D eigenvalue weighted by Gasteiger charge is -2.38. The number of ether oxygens (including phenoxy) is 6. The molecule has 1 aliphatic carbocycles. The number of hydrogen-bond donors (Lipinski definition) is 0. The topological polar surface area (TPSA) is 98.2 Å². The van der Waals surface area contributed by atoms with Crippen molar-refractivity contribution in [3.63, 3.8) is 0 Å². The van der Waals surface area contributed by atoms with Gasteiger partial charge in [0.25, 0.3) is 0 Å². The lowest BCUT2D eigenvalue weighted by atomic mass is 9.67. The monoisotopic (exact) mass is 508 g/mol. The maximum absolute atomic E-state index is 13.3. The summed E-state index contributed by atoms with van der Waals surface area (Å²) in [6.07, 6.45) is 3.43. The summed E-state index contributed by atoms with van der Waals surface area (Å²) < 4.78 is 33.9. The molecule has 0 N–H and O–H groups in total. The summed E-state index contributed by atoms with van der Waals surface area (Å²) in [5.41, 5.74) is 2.86. The first-order chi connectivity index (χ1) is 17.6. The molecule has 9 nitrogen and oxygen atoms in total. The maximum Gasteiger partial charge on any atom is 0.310 e. The number of benzene rings is 2. The summed E-state index contributed by atoms with van der Waals surface area (Å²) in [5, 5.41) is 0.516. The van der Waals surface area contributed by atoms with E-state index >= 15 is 0 Å². The van der Waals surface area contributed by atoms with E-state index in [1.807, 2.05) is 24.3 Å². The molecule has 0 saturated carbocycles. The standard InChI is InChI=1S/C26H24N2O7S/c1-30-19-7-13(8-20(31-2)23(19)32-3)21-14-9-17-18(35-12-34-17)10-15(14)24(16-11-33-25(29)22(16)21)36-26-27-5-4-6-28-26/h4-10,16,21-22,24H,11-12H2,1-3H3/t16-,21+,22-,24+/m0/s1. The van der Waals surface area contributed by atoms with Crippen molar-refractivity contribution in [3.8, 4) is 28.7 Å². The van der Waals surface area contributed by atoms with Crippen molar-refractivity contribution in [2.75, 3.05) is 34.7 Å². The van der Waals surface area contributed by atoms with E-state index < -0.39 is 5.92 Å². The third-order valence-corrected chi connectivity index (χ3v) is 8.22. The Morgan fingerprint density at radius 2 is 1.56 bits per heavy atom. The molecule has 0 unspecified atom stereocenters. The van der Waals surface area contributed by atoms with Gasteiger partial charge >= 0.3 is 5.97 Å². The Morgan fingerprint density at radius 1 is 0.889 bits per heavy atom. The minimum atomic E-state index is -0.429. The number of aromatic nitrogens is 2. The summed E-state index contributed by atoms with van der Waals surface area (Å²) in [7, 11) is 4.72. The number of cyclic esters (lactones) is 1. The molecular weight excluding hydrogens is 484 g/mol. The van der Waals surface area contributed by atoms with Crippen LogP contribution in [0.25, 0.3) is 0 Å². The summed E-state index contributed by atoms with van der Waals surface area (Å²) in [4.78, 5) is 22.1.